The molecule has 1 aliphatic heterocycles. The zero-order chi connectivity index (χ0) is 23.8. The predicted octanol–water partition coefficient (Wildman–Crippen LogP) is 3.79. The van der Waals surface area contributed by atoms with Crippen molar-refractivity contribution in [1.29, 1.82) is 0 Å². The molecule has 4 rings (SSSR count). The van der Waals surface area contributed by atoms with Crippen molar-refractivity contribution in [2.24, 2.45) is 0 Å². The first-order chi connectivity index (χ1) is 15.5. The highest BCUT2D eigenvalue weighted by Gasteiger charge is 2.26. The van der Waals surface area contributed by atoms with Crippen LogP contribution in [0.2, 0.25) is 0 Å². The fourth-order valence-electron chi connectivity index (χ4n) is 3.47. The molecule has 11 heteroatoms. The van der Waals surface area contributed by atoms with E-state index in [-0.39, 0.29) is 6.09 Å². The number of nitrogens with zero attached hydrogens (tertiary/aromatic N) is 4. The summed E-state index contributed by atoms with van der Waals surface area (Å²) in [6.07, 6.45) is 2.64. The molecule has 1 fully saturated rings. The van der Waals surface area contributed by atoms with Crippen LogP contribution in [0.5, 0.6) is 0 Å². The van der Waals surface area contributed by atoms with Crippen LogP contribution in [0.1, 0.15) is 20.8 Å². The summed E-state index contributed by atoms with van der Waals surface area (Å²) in [5, 5.41) is 0.815. The second-order valence-corrected chi connectivity index (χ2v) is 11.7. The molecule has 3 heterocycles. The van der Waals surface area contributed by atoms with Crippen LogP contribution in [-0.4, -0.2) is 67.4 Å². The SMILES string of the molecule is CC(C)(C)OC(=O)N1CCN(c2ccc(-c3nc4ccc(NS(C)(=O)=O)cc4s3)cn2)CC1. The minimum Gasteiger partial charge on any atom is -0.444 e. The molecule has 0 saturated carbocycles. The van der Waals surface area contributed by atoms with Crippen LogP contribution in [0.4, 0.5) is 16.3 Å². The van der Waals surface area contributed by atoms with E-state index >= 15 is 0 Å². The van der Waals surface area contributed by atoms with Crippen LogP contribution >= 0.6 is 11.3 Å². The lowest BCUT2D eigenvalue weighted by atomic mass is 10.2. The maximum absolute atomic E-state index is 12.3. The zero-order valence-electron chi connectivity index (χ0n) is 19.0. The molecule has 1 amide bonds. The first kappa shape index (κ1) is 23.2. The number of rotatable bonds is 4. The molecule has 3 aromatic rings. The van der Waals surface area contributed by atoms with Gasteiger partial charge in [0.1, 0.15) is 16.4 Å². The van der Waals surface area contributed by atoms with Gasteiger partial charge in [-0.2, -0.15) is 0 Å². The maximum Gasteiger partial charge on any atom is 0.410 e. The molecule has 0 unspecified atom stereocenters. The third-order valence-corrected chi connectivity index (χ3v) is 6.62. The van der Waals surface area contributed by atoms with Gasteiger partial charge in [-0.3, -0.25) is 4.72 Å². The lowest BCUT2D eigenvalue weighted by Gasteiger charge is -2.36. The Kier molecular flexibility index (Phi) is 6.19. The molecule has 0 atom stereocenters. The number of ether oxygens (including phenoxy) is 1. The molecular weight excluding hydrogens is 462 g/mol. The second-order valence-electron chi connectivity index (χ2n) is 8.94. The second kappa shape index (κ2) is 8.79. The van der Waals surface area contributed by atoms with Gasteiger partial charge in [0.25, 0.3) is 0 Å². The molecule has 0 radical (unpaired) electrons. The fourth-order valence-corrected chi connectivity index (χ4v) is 5.02. The average Bonchev–Trinajstić information content (AvgIpc) is 3.15. The summed E-state index contributed by atoms with van der Waals surface area (Å²) >= 11 is 1.48. The van der Waals surface area contributed by atoms with Gasteiger partial charge in [0.05, 0.1) is 22.2 Å². The van der Waals surface area contributed by atoms with Gasteiger partial charge in [0.15, 0.2) is 0 Å². The van der Waals surface area contributed by atoms with E-state index < -0.39 is 15.6 Å². The third-order valence-electron chi connectivity index (χ3n) is 4.94. The van der Waals surface area contributed by atoms with E-state index in [2.05, 4.69) is 19.6 Å². The van der Waals surface area contributed by atoms with E-state index in [4.69, 9.17) is 4.74 Å². The molecule has 1 aliphatic rings. The first-order valence-corrected chi connectivity index (χ1v) is 13.3. The molecule has 33 heavy (non-hydrogen) atoms. The molecule has 0 aliphatic carbocycles. The number of nitrogens with one attached hydrogen (secondary N) is 1. The summed E-state index contributed by atoms with van der Waals surface area (Å²) in [6, 6.07) is 9.22. The van der Waals surface area contributed by atoms with Gasteiger partial charge in [0.2, 0.25) is 10.0 Å². The molecule has 2 aromatic heterocycles. The molecular formula is C22H27N5O4S2. The highest BCUT2D eigenvalue weighted by molar-refractivity contribution is 7.92. The Hall–Kier alpha value is -2.92. The molecule has 1 aromatic carbocycles. The number of sulfonamides is 1. The van der Waals surface area contributed by atoms with Crippen LogP contribution in [-0.2, 0) is 14.8 Å². The summed E-state index contributed by atoms with van der Waals surface area (Å²) in [5.41, 5.74) is 1.71. The van der Waals surface area contributed by atoms with Crippen LogP contribution in [0.3, 0.4) is 0 Å². The molecule has 1 N–H and O–H groups in total. The maximum atomic E-state index is 12.3. The molecule has 0 bridgehead atoms. The van der Waals surface area contributed by atoms with Gasteiger partial charge in [-0.05, 0) is 51.1 Å². The number of piperazine rings is 1. The number of hydrogen-bond donors (Lipinski definition) is 1. The Labute approximate surface area is 197 Å². The Morgan fingerprint density at radius 3 is 2.45 bits per heavy atom. The number of fused-ring (bicyclic) bond motifs is 1. The summed E-state index contributed by atoms with van der Waals surface area (Å²) in [4.78, 5) is 25.4. The Bertz CT molecular complexity index is 1260. The fraction of sp³-hybridized carbons (Fsp3) is 0.409. The topological polar surface area (TPSA) is 105 Å². The Balaban J connectivity index is 1.42. The monoisotopic (exact) mass is 489 g/mol. The summed E-state index contributed by atoms with van der Waals surface area (Å²) in [5.74, 6) is 0.850. The number of pyridine rings is 1. The molecule has 9 nitrogen and oxygen atoms in total. The van der Waals surface area contributed by atoms with E-state index in [9.17, 15) is 13.2 Å². The van der Waals surface area contributed by atoms with Crippen molar-refractivity contribution < 1.29 is 17.9 Å². The van der Waals surface area contributed by atoms with Gasteiger partial charge in [-0.15, -0.1) is 11.3 Å². The summed E-state index contributed by atoms with van der Waals surface area (Å²) in [6.45, 7) is 8.13. The summed E-state index contributed by atoms with van der Waals surface area (Å²) < 4.78 is 31.8. The highest BCUT2D eigenvalue weighted by Crippen LogP contribution is 2.32. The predicted molar refractivity (Wildman–Crippen MR) is 131 cm³/mol. The van der Waals surface area contributed by atoms with Crippen molar-refractivity contribution >= 4 is 49.2 Å². The average molecular weight is 490 g/mol. The number of carbonyl (C=O) groups is 1. The van der Waals surface area contributed by atoms with Crippen molar-refractivity contribution in [3.05, 3.63) is 36.5 Å². The third kappa shape index (κ3) is 5.91. The number of amides is 1. The standard InChI is InChI=1S/C22H27N5O4S2/c1-22(2,3)31-21(28)27-11-9-26(10-12-27)19-8-5-15(14-23-19)20-24-17-7-6-16(13-18(17)32-20)25-33(4,29)30/h5-8,13-14,25H,9-12H2,1-4H3. The highest BCUT2D eigenvalue weighted by atomic mass is 32.2. The number of thiazole rings is 1. The van der Waals surface area contributed by atoms with Gasteiger partial charge >= 0.3 is 6.09 Å². The van der Waals surface area contributed by atoms with Gasteiger partial charge in [-0.1, -0.05) is 0 Å². The lowest BCUT2D eigenvalue weighted by Crippen LogP contribution is -2.50. The van der Waals surface area contributed by atoms with Gasteiger partial charge in [0, 0.05) is 37.9 Å². The van der Waals surface area contributed by atoms with Crippen LogP contribution in [0.15, 0.2) is 36.5 Å². The van der Waals surface area contributed by atoms with Crippen molar-refractivity contribution in [2.45, 2.75) is 26.4 Å². The van der Waals surface area contributed by atoms with Crippen molar-refractivity contribution in [3.63, 3.8) is 0 Å². The normalized spacial score (nSPS) is 15.0. The lowest BCUT2D eigenvalue weighted by molar-refractivity contribution is 0.0240. The quantitative estimate of drug-likeness (QED) is 0.594. The number of anilines is 2. The first-order valence-electron chi connectivity index (χ1n) is 10.5. The van der Waals surface area contributed by atoms with Gasteiger partial charge < -0.3 is 14.5 Å². The van der Waals surface area contributed by atoms with Crippen molar-refractivity contribution in [1.82, 2.24) is 14.9 Å². The number of hydrogen-bond acceptors (Lipinski definition) is 8. The van der Waals surface area contributed by atoms with Crippen LogP contribution in [0, 0.1) is 0 Å². The smallest absolute Gasteiger partial charge is 0.410 e. The summed E-state index contributed by atoms with van der Waals surface area (Å²) in [7, 11) is -3.33. The zero-order valence-corrected chi connectivity index (χ0v) is 20.7. The minimum absolute atomic E-state index is 0.281. The van der Waals surface area contributed by atoms with Crippen LogP contribution in [0.25, 0.3) is 20.8 Å². The van der Waals surface area contributed by atoms with E-state index in [1.165, 1.54) is 11.3 Å². The molecule has 0 spiro atoms. The van der Waals surface area contributed by atoms with Crippen LogP contribution < -0.4 is 9.62 Å². The van der Waals surface area contributed by atoms with Crippen molar-refractivity contribution in [3.8, 4) is 10.6 Å². The largest absolute Gasteiger partial charge is 0.444 e. The number of benzene rings is 1. The molecule has 1 saturated heterocycles. The Morgan fingerprint density at radius 1 is 1.12 bits per heavy atom. The minimum atomic E-state index is -3.33. The van der Waals surface area contributed by atoms with E-state index in [0.717, 1.165) is 32.9 Å². The van der Waals surface area contributed by atoms with Gasteiger partial charge in [-0.25, -0.2) is 23.2 Å². The number of carbonyl (C=O) groups excluding carboxylic acids is 1. The number of aromatic nitrogens is 2. The van der Waals surface area contributed by atoms with Crippen molar-refractivity contribution in [2.75, 3.05) is 42.1 Å². The van der Waals surface area contributed by atoms with E-state index in [1.807, 2.05) is 32.9 Å². The Morgan fingerprint density at radius 2 is 1.85 bits per heavy atom. The molecule has 176 valence electrons. The van der Waals surface area contributed by atoms with E-state index in [0.29, 0.717) is 31.9 Å². The van der Waals surface area contributed by atoms with E-state index in [1.54, 1.807) is 29.3 Å².